The third kappa shape index (κ3) is 2.06. The summed E-state index contributed by atoms with van der Waals surface area (Å²) in [5.41, 5.74) is 3.02. The van der Waals surface area contributed by atoms with E-state index in [4.69, 9.17) is 4.52 Å². The third-order valence-electron chi connectivity index (χ3n) is 3.86. The highest BCUT2D eigenvalue weighted by Gasteiger charge is 2.20. The fourth-order valence-electron chi connectivity index (χ4n) is 2.72. The van der Waals surface area contributed by atoms with Gasteiger partial charge in [0, 0.05) is 31.6 Å². The second-order valence-electron chi connectivity index (χ2n) is 5.23. The number of hydrogen-bond acceptors (Lipinski definition) is 6. The van der Waals surface area contributed by atoms with Gasteiger partial charge >= 0.3 is 0 Å². The average molecular weight is 284 g/mol. The SMILES string of the molecule is Cc1ccc2[nH]ncc2c1-c1nc(N2CCNCC2)no1. The van der Waals surface area contributed by atoms with Crippen LogP contribution in [-0.4, -0.2) is 46.5 Å². The second-order valence-corrected chi connectivity index (χ2v) is 5.23. The zero-order chi connectivity index (χ0) is 14.2. The van der Waals surface area contributed by atoms with E-state index in [0.717, 1.165) is 48.2 Å². The van der Waals surface area contributed by atoms with E-state index in [1.54, 1.807) is 6.20 Å². The summed E-state index contributed by atoms with van der Waals surface area (Å²) < 4.78 is 5.50. The number of anilines is 1. The monoisotopic (exact) mass is 284 g/mol. The van der Waals surface area contributed by atoms with E-state index >= 15 is 0 Å². The molecule has 7 heteroatoms. The summed E-state index contributed by atoms with van der Waals surface area (Å²) in [6.07, 6.45) is 1.80. The molecule has 0 radical (unpaired) electrons. The van der Waals surface area contributed by atoms with Gasteiger partial charge < -0.3 is 14.7 Å². The fraction of sp³-hybridized carbons (Fsp3) is 0.357. The molecule has 0 aliphatic carbocycles. The summed E-state index contributed by atoms with van der Waals surface area (Å²) in [4.78, 5) is 6.71. The Bertz CT molecular complexity index is 771. The molecule has 108 valence electrons. The summed E-state index contributed by atoms with van der Waals surface area (Å²) in [5.74, 6) is 1.21. The third-order valence-corrected chi connectivity index (χ3v) is 3.86. The second kappa shape index (κ2) is 4.85. The van der Waals surface area contributed by atoms with Crippen LogP contribution in [0.25, 0.3) is 22.4 Å². The Morgan fingerprint density at radius 1 is 1.24 bits per heavy atom. The first-order chi connectivity index (χ1) is 10.3. The van der Waals surface area contributed by atoms with E-state index in [0.29, 0.717) is 11.8 Å². The van der Waals surface area contributed by atoms with Crippen molar-refractivity contribution in [1.29, 1.82) is 0 Å². The van der Waals surface area contributed by atoms with Gasteiger partial charge in [-0.2, -0.15) is 10.1 Å². The van der Waals surface area contributed by atoms with Crippen LogP contribution in [0.2, 0.25) is 0 Å². The van der Waals surface area contributed by atoms with Gasteiger partial charge in [0.25, 0.3) is 11.8 Å². The number of hydrogen-bond donors (Lipinski definition) is 2. The Labute approximate surface area is 121 Å². The minimum atomic E-state index is 0.549. The zero-order valence-electron chi connectivity index (χ0n) is 11.8. The van der Waals surface area contributed by atoms with Crippen LogP contribution in [0.15, 0.2) is 22.9 Å². The normalized spacial score (nSPS) is 15.8. The average Bonchev–Trinajstić information content (AvgIpc) is 3.17. The van der Waals surface area contributed by atoms with Crippen LogP contribution in [0.1, 0.15) is 5.56 Å². The topological polar surface area (TPSA) is 82.9 Å². The molecule has 1 aliphatic heterocycles. The highest BCUT2D eigenvalue weighted by Crippen LogP contribution is 2.30. The van der Waals surface area contributed by atoms with Crippen molar-refractivity contribution in [2.24, 2.45) is 0 Å². The summed E-state index contributed by atoms with van der Waals surface area (Å²) in [5, 5.41) is 15.5. The molecule has 1 aliphatic rings. The highest BCUT2D eigenvalue weighted by molar-refractivity contribution is 5.93. The predicted octanol–water partition coefficient (Wildman–Crippen LogP) is 1.33. The molecule has 0 bridgehead atoms. The smallest absolute Gasteiger partial charge is 0.266 e. The summed E-state index contributed by atoms with van der Waals surface area (Å²) >= 11 is 0. The molecule has 0 atom stereocenters. The summed E-state index contributed by atoms with van der Waals surface area (Å²) in [7, 11) is 0. The number of aromatic amines is 1. The van der Waals surface area contributed by atoms with Gasteiger partial charge in [0.2, 0.25) is 0 Å². The van der Waals surface area contributed by atoms with E-state index in [2.05, 4.69) is 30.6 Å². The Morgan fingerprint density at radius 3 is 2.95 bits per heavy atom. The molecule has 2 aromatic heterocycles. The first-order valence-corrected chi connectivity index (χ1v) is 7.05. The van der Waals surface area contributed by atoms with Crippen LogP contribution >= 0.6 is 0 Å². The number of nitrogens with zero attached hydrogens (tertiary/aromatic N) is 4. The van der Waals surface area contributed by atoms with Crippen molar-refractivity contribution < 1.29 is 4.52 Å². The van der Waals surface area contributed by atoms with Crippen LogP contribution in [-0.2, 0) is 0 Å². The largest absolute Gasteiger partial charge is 0.336 e. The number of aromatic nitrogens is 4. The van der Waals surface area contributed by atoms with Gasteiger partial charge in [-0.3, -0.25) is 5.10 Å². The van der Waals surface area contributed by atoms with Crippen molar-refractivity contribution in [1.82, 2.24) is 25.7 Å². The molecule has 1 aromatic carbocycles. The van der Waals surface area contributed by atoms with Crippen molar-refractivity contribution in [2.75, 3.05) is 31.1 Å². The number of aryl methyl sites for hydroxylation is 1. The van der Waals surface area contributed by atoms with Gasteiger partial charge in [0.05, 0.1) is 17.3 Å². The maximum atomic E-state index is 5.50. The lowest BCUT2D eigenvalue weighted by atomic mass is 10.0. The molecule has 3 heterocycles. The first kappa shape index (κ1) is 12.3. The molecule has 7 nitrogen and oxygen atoms in total. The van der Waals surface area contributed by atoms with Crippen molar-refractivity contribution >= 4 is 16.9 Å². The quantitative estimate of drug-likeness (QED) is 0.738. The number of fused-ring (bicyclic) bond motifs is 1. The molecule has 1 saturated heterocycles. The van der Waals surface area contributed by atoms with Crippen molar-refractivity contribution in [3.8, 4) is 11.5 Å². The number of H-pyrrole nitrogens is 1. The number of nitrogens with one attached hydrogen (secondary N) is 2. The molecular weight excluding hydrogens is 268 g/mol. The van der Waals surface area contributed by atoms with E-state index in [9.17, 15) is 0 Å². The fourth-order valence-corrected chi connectivity index (χ4v) is 2.72. The van der Waals surface area contributed by atoms with E-state index in [1.165, 1.54) is 0 Å². The number of benzene rings is 1. The highest BCUT2D eigenvalue weighted by atomic mass is 16.5. The van der Waals surface area contributed by atoms with Gasteiger partial charge in [0.15, 0.2) is 0 Å². The van der Waals surface area contributed by atoms with Gasteiger partial charge in [-0.25, -0.2) is 0 Å². The number of piperazine rings is 1. The Kier molecular flexibility index (Phi) is 2.85. The van der Waals surface area contributed by atoms with Crippen LogP contribution in [0.4, 0.5) is 5.95 Å². The molecule has 4 rings (SSSR count). The van der Waals surface area contributed by atoms with Crippen molar-refractivity contribution in [2.45, 2.75) is 6.92 Å². The lowest BCUT2D eigenvalue weighted by molar-refractivity contribution is 0.427. The zero-order valence-corrected chi connectivity index (χ0v) is 11.8. The standard InChI is InChI=1S/C14H16N6O/c1-9-2-3-11-10(8-16-18-11)12(9)13-17-14(19-21-13)20-6-4-15-5-7-20/h2-3,8,15H,4-7H2,1H3,(H,16,18). The number of rotatable bonds is 2. The first-order valence-electron chi connectivity index (χ1n) is 7.05. The van der Waals surface area contributed by atoms with Crippen LogP contribution in [0, 0.1) is 6.92 Å². The van der Waals surface area contributed by atoms with E-state index in [1.807, 2.05) is 19.1 Å². The molecule has 1 fully saturated rings. The Hall–Kier alpha value is -2.41. The molecule has 2 N–H and O–H groups in total. The Morgan fingerprint density at radius 2 is 2.10 bits per heavy atom. The molecular formula is C14H16N6O. The molecule has 3 aromatic rings. The minimum Gasteiger partial charge on any atom is -0.336 e. The van der Waals surface area contributed by atoms with Gasteiger partial charge in [-0.15, -0.1) is 0 Å². The molecule has 21 heavy (non-hydrogen) atoms. The lowest BCUT2D eigenvalue weighted by Gasteiger charge is -2.25. The van der Waals surface area contributed by atoms with Crippen LogP contribution < -0.4 is 10.2 Å². The van der Waals surface area contributed by atoms with Crippen LogP contribution in [0.3, 0.4) is 0 Å². The van der Waals surface area contributed by atoms with E-state index in [-0.39, 0.29) is 0 Å². The molecule has 0 unspecified atom stereocenters. The van der Waals surface area contributed by atoms with Crippen molar-refractivity contribution in [3.63, 3.8) is 0 Å². The van der Waals surface area contributed by atoms with Crippen LogP contribution in [0.5, 0.6) is 0 Å². The molecule has 0 saturated carbocycles. The van der Waals surface area contributed by atoms with Gasteiger partial charge in [-0.1, -0.05) is 6.07 Å². The summed E-state index contributed by atoms with van der Waals surface area (Å²) in [6.45, 7) is 5.72. The predicted molar refractivity (Wildman–Crippen MR) is 79.2 cm³/mol. The maximum Gasteiger partial charge on any atom is 0.266 e. The Balaban J connectivity index is 1.77. The lowest BCUT2D eigenvalue weighted by Crippen LogP contribution is -2.44. The van der Waals surface area contributed by atoms with Crippen molar-refractivity contribution in [3.05, 3.63) is 23.9 Å². The van der Waals surface area contributed by atoms with Gasteiger partial charge in [0.1, 0.15) is 0 Å². The van der Waals surface area contributed by atoms with Gasteiger partial charge in [-0.05, 0) is 23.7 Å². The maximum absolute atomic E-state index is 5.50. The molecule has 0 spiro atoms. The molecule has 0 amide bonds. The summed E-state index contributed by atoms with van der Waals surface area (Å²) in [6, 6.07) is 4.04. The minimum absolute atomic E-state index is 0.549. The van der Waals surface area contributed by atoms with E-state index < -0.39 is 0 Å².